The van der Waals surface area contributed by atoms with Crippen LogP contribution >= 0.6 is 11.6 Å². The Bertz CT molecular complexity index is 1280. The predicted molar refractivity (Wildman–Crippen MR) is 133 cm³/mol. The number of rotatable bonds is 6. The fraction of sp³-hybridized carbons (Fsp3) is 0.346. The van der Waals surface area contributed by atoms with E-state index < -0.39 is 12.1 Å². The summed E-state index contributed by atoms with van der Waals surface area (Å²) in [5.74, 6) is -0.237. The predicted octanol–water partition coefficient (Wildman–Crippen LogP) is 3.88. The van der Waals surface area contributed by atoms with Crippen molar-refractivity contribution in [3.8, 4) is 11.4 Å². The van der Waals surface area contributed by atoms with E-state index in [-0.39, 0.29) is 17.6 Å². The summed E-state index contributed by atoms with van der Waals surface area (Å²) in [6.07, 6.45) is 0.472. The number of furan rings is 1. The van der Waals surface area contributed by atoms with Gasteiger partial charge in [-0.15, -0.1) is 0 Å². The Labute approximate surface area is 214 Å². The lowest BCUT2D eigenvalue weighted by molar-refractivity contribution is -0.141. The number of methoxy groups -OCH3 is 1. The van der Waals surface area contributed by atoms with Crippen molar-refractivity contribution in [2.75, 3.05) is 33.3 Å². The summed E-state index contributed by atoms with van der Waals surface area (Å²) in [6.45, 7) is 6.64. The van der Waals surface area contributed by atoms with E-state index in [0.717, 1.165) is 5.69 Å². The molecule has 1 aliphatic rings. The zero-order chi connectivity index (χ0) is 26.0. The number of carbonyl (C=O) groups excluding carboxylic acids is 3. The molecule has 2 amide bonds. The molecule has 0 radical (unpaired) electrons. The van der Waals surface area contributed by atoms with Crippen molar-refractivity contribution >= 4 is 29.4 Å². The summed E-state index contributed by atoms with van der Waals surface area (Å²) in [6, 6.07) is 10.2. The monoisotopic (exact) mass is 513 g/mol. The van der Waals surface area contributed by atoms with Crippen LogP contribution in [0.5, 0.6) is 5.75 Å². The Morgan fingerprint density at radius 2 is 1.72 bits per heavy atom. The molecule has 1 atom stereocenters. The van der Waals surface area contributed by atoms with Crippen LogP contribution in [0.1, 0.15) is 39.2 Å². The van der Waals surface area contributed by atoms with Gasteiger partial charge in [-0.2, -0.15) is 0 Å². The van der Waals surface area contributed by atoms with Gasteiger partial charge in [0.15, 0.2) is 11.9 Å². The van der Waals surface area contributed by atoms with Gasteiger partial charge in [-0.05, 0) is 57.2 Å². The van der Waals surface area contributed by atoms with Gasteiger partial charge in [-0.3, -0.25) is 9.59 Å². The molecular formula is C26H28ClN3O6. The third-order valence-electron chi connectivity index (χ3n) is 6.27. The second kappa shape index (κ2) is 10.5. The van der Waals surface area contributed by atoms with Crippen LogP contribution in [0.15, 0.2) is 47.1 Å². The fourth-order valence-corrected chi connectivity index (χ4v) is 4.56. The van der Waals surface area contributed by atoms with Gasteiger partial charge in [0.2, 0.25) is 0 Å². The average molecular weight is 514 g/mol. The quantitative estimate of drug-likeness (QED) is 0.464. The third kappa shape index (κ3) is 4.97. The molecule has 9 nitrogen and oxygen atoms in total. The number of ether oxygens (including phenoxy) is 2. The summed E-state index contributed by atoms with van der Waals surface area (Å²) in [4.78, 5) is 41.7. The van der Waals surface area contributed by atoms with E-state index in [4.69, 9.17) is 25.5 Å². The molecule has 3 aromatic rings. The topological polar surface area (TPSA) is 94.2 Å². The van der Waals surface area contributed by atoms with E-state index in [2.05, 4.69) is 0 Å². The molecule has 0 N–H and O–H groups in total. The van der Waals surface area contributed by atoms with Crippen molar-refractivity contribution in [1.82, 2.24) is 14.4 Å². The molecule has 1 aromatic carbocycles. The maximum atomic E-state index is 13.0. The Hall–Kier alpha value is -3.72. The van der Waals surface area contributed by atoms with Crippen LogP contribution in [0.4, 0.5) is 0 Å². The van der Waals surface area contributed by atoms with Crippen molar-refractivity contribution < 1.29 is 28.3 Å². The fourth-order valence-electron chi connectivity index (χ4n) is 4.40. The molecule has 0 bridgehead atoms. The summed E-state index contributed by atoms with van der Waals surface area (Å²) < 4.78 is 18.1. The second-order valence-electron chi connectivity index (χ2n) is 8.58. The van der Waals surface area contributed by atoms with Crippen molar-refractivity contribution in [1.29, 1.82) is 0 Å². The maximum Gasteiger partial charge on any atom is 0.340 e. The van der Waals surface area contributed by atoms with Gasteiger partial charge in [0, 0.05) is 42.6 Å². The minimum atomic E-state index is -0.978. The van der Waals surface area contributed by atoms with E-state index in [1.54, 1.807) is 67.2 Å². The third-order valence-corrected chi connectivity index (χ3v) is 6.51. The van der Waals surface area contributed by atoms with E-state index in [1.807, 2.05) is 11.5 Å². The molecular weight excluding hydrogens is 486 g/mol. The summed E-state index contributed by atoms with van der Waals surface area (Å²) in [5, 5.41) is 0.535. The van der Waals surface area contributed by atoms with Crippen LogP contribution < -0.4 is 4.74 Å². The van der Waals surface area contributed by atoms with E-state index in [1.165, 1.54) is 6.26 Å². The van der Waals surface area contributed by atoms with E-state index >= 15 is 0 Å². The van der Waals surface area contributed by atoms with Gasteiger partial charge < -0.3 is 28.3 Å². The number of hydrogen-bond acceptors (Lipinski definition) is 6. The van der Waals surface area contributed by atoms with Gasteiger partial charge in [-0.25, -0.2) is 4.79 Å². The molecule has 0 aliphatic carbocycles. The van der Waals surface area contributed by atoms with Crippen LogP contribution in [0, 0.1) is 13.8 Å². The largest absolute Gasteiger partial charge is 0.495 e. The van der Waals surface area contributed by atoms with Crippen LogP contribution in [-0.2, 0) is 9.53 Å². The molecule has 36 heavy (non-hydrogen) atoms. The van der Waals surface area contributed by atoms with E-state index in [0.29, 0.717) is 53.9 Å². The number of nitrogens with zero attached hydrogens (tertiary/aromatic N) is 3. The molecule has 1 fully saturated rings. The standard InChI is InChI=1S/C26H28ClN3O6/c1-16-14-20(17(2)30(16)21-15-19(27)7-8-22(21)34-4)26(33)36-18(3)24(31)28-9-11-29(12-10-28)25(32)23-6-5-13-35-23/h5-8,13-15,18H,9-12H2,1-4H3/t18-/m1/s1. The van der Waals surface area contributed by atoms with Gasteiger partial charge >= 0.3 is 5.97 Å². The van der Waals surface area contributed by atoms with Gasteiger partial charge in [0.25, 0.3) is 11.8 Å². The summed E-state index contributed by atoms with van der Waals surface area (Å²) in [7, 11) is 1.57. The molecule has 4 rings (SSSR count). The number of aryl methyl sites for hydroxylation is 1. The highest BCUT2D eigenvalue weighted by atomic mass is 35.5. The second-order valence-corrected chi connectivity index (χ2v) is 9.02. The number of piperazine rings is 1. The SMILES string of the molecule is COc1ccc(Cl)cc1-n1c(C)cc(C(=O)O[C@H](C)C(=O)N2CCN(C(=O)c3ccco3)CC2)c1C. The molecule has 0 spiro atoms. The first-order valence-electron chi connectivity index (χ1n) is 11.6. The average Bonchev–Trinajstić information content (AvgIpc) is 3.51. The zero-order valence-electron chi connectivity index (χ0n) is 20.6. The minimum absolute atomic E-state index is 0.210. The van der Waals surface area contributed by atoms with Gasteiger partial charge in [-0.1, -0.05) is 11.6 Å². The molecule has 0 unspecified atom stereocenters. The van der Waals surface area contributed by atoms with Crippen molar-refractivity contribution in [2.45, 2.75) is 26.9 Å². The lowest BCUT2D eigenvalue weighted by Crippen LogP contribution is -2.53. The highest BCUT2D eigenvalue weighted by Crippen LogP contribution is 2.31. The molecule has 1 aliphatic heterocycles. The highest BCUT2D eigenvalue weighted by Gasteiger charge is 2.31. The van der Waals surface area contributed by atoms with Crippen molar-refractivity contribution in [2.24, 2.45) is 0 Å². The number of esters is 1. The molecule has 2 aromatic heterocycles. The van der Waals surface area contributed by atoms with Crippen molar-refractivity contribution in [3.05, 3.63) is 70.4 Å². The first kappa shape index (κ1) is 25.4. The van der Waals surface area contributed by atoms with Gasteiger partial charge in [0.05, 0.1) is 24.6 Å². The van der Waals surface area contributed by atoms with E-state index in [9.17, 15) is 14.4 Å². The smallest absolute Gasteiger partial charge is 0.340 e. The van der Waals surface area contributed by atoms with Crippen LogP contribution in [0.25, 0.3) is 5.69 Å². The number of hydrogen-bond donors (Lipinski definition) is 0. The zero-order valence-corrected chi connectivity index (χ0v) is 21.4. The Morgan fingerprint density at radius 3 is 2.36 bits per heavy atom. The first-order valence-corrected chi connectivity index (χ1v) is 11.9. The number of halogens is 1. The number of carbonyl (C=O) groups is 3. The summed E-state index contributed by atoms with van der Waals surface area (Å²) >= 11 is 6.20. The highest BCUT2D eigenvalue weighted by molar-refractivity contribution is 6.30. The Balaban J connectivity index is 1.42. The molecule has 3 heterocycles. The molecule has 1 saturated heterocycles. The number of aromatic nitrogens is 1. The normalized spacial score (nSPS) is 14.5. The molecule has 10 heteroatoms. The molecule has 0 saturated carbocycles. The van der Waals surface area contributed by atoms with Crippen LogP contribution in [0.3, 0.4) is 0 Å². The Kier molecular flexibility index (Phi) is 7.40. The summed E-state index contributed by atoms with van der Waals surface area (Å²) in [5.41, 5.74) is 2.48. The Morgan fingerprint density at radius 1 is 1.03 bits per heavy atom. The molecule has 190 valence electrons. The number of benzene rings is 1. The van der Waals surface area contributed by atoms with Crippen LogP contribution in [-0.4, -0.2) is 71.5 Å². The first-order chi connectivity index (χ1) is 17.2. The number of amides is 2. The lowest BCUT2D eigenvalue weighted by Gasteiger charge is -2.35. The lowest BCUT2D eigenvalue weighted by atomic mass is 10.2. The minimum Gasteiger partial charge on any atom is -0.495 e. The van der Waals surface area contributed by atoms with Gasteiger partial charge in [0.1, 0.15) is 5.75 Å². The van der Waals surface area contributed by atoms with Crippen LogP contribution in [0.2, 0.25) is 5.02 Å². The van der Waals surface area contributed by atoms with Crippen molar-refractivity contribution in [3.63, 3.8) is 0 Å². The maximum absolute atomic E-state index is 13.0.